The Hall–Kier alpha value is -1.55. The lowest BCUT2D eigenvalue weighted by Crippen LogP contribution is -2.24. The molecule has 1 heterocycles. The highest BCUT2D eigenvalue weighted by Crippen LogP contribution is 2.36. The van der Waals surface area contributed by atoms with E-state index in [-0.39, 0.29) is 5.91 Å². The molecular weight excluding hydrogens is 214 g/mol. The van der Waals surface area contributed by atoms with Gasteiger partial charge in [0.1, 0.15) is 6.04 Å². The predicted octanol–water partition coefficient (Wildman–Crippen LogP) is 1.63. The quantitative estimate of drug-likeness (QED) is 0.831. The Morgan fingerprint density at radius 1 is 1.47 bits per heavy atom. The molecule has 3 N–H and O–H groups in total. The summed E-state index contributed by atoms with van der Waals surface area (Å²) < 4.78 is 0. The lowest BCUT2D eigenvalue weighted by atomic mass is 10.1. The normalized spacial score (nSPS) is 22.2. The summed E-state index contributed by atoms with van der Waals surface area (Å²) in [6.07, 6.45) is 2.55. The van der Waals surface area contributed by atoms with Crippen molar-refractivity contribution in [3.63, 3.8) is 0 Å². The molecule has 1 fully saturated rings. The lowest BCUT2D eigenvalue weighted by Gasteiger charge is -2.23. The van der Waals surface area contributed by atoms with E-state index in [1.807, 2.05) is 12.1 Å². The smallest absolute Gasteiger partial charge is 0.245 e. The molecule has 0 radical (unpaired) electrons. The summed E-state index contributed by atoms with van der Waals surface area (Å²) in [5, 5.41) is 2.84. The van der Waals surface area contributed by atoms with E-state index in [1.54, 1.807) is 0 Å². The number of rotatable bonds is 3. The highest BCUT2D eigenvalue weighted by Gasteiger charge is 2.31. The van der Waals surface area contributed by atoms with Gasteiger partial charge in [-0.05, 0) is 31.9 Å². The molecule has 1 unspecified atom stereocenters. The summed E-state index contributed by atoms with van der Waals surface area (Å²) in [7, 11) is 0. The molecule has 1 aliphatic carbocycles. The Morgan fingerprint density at radius 2 is 2.24 bits per heavy atom. The number of hydrogen-bond acceptors (Lipinski definition) is 3. The van der Waals surface area contributed by atoms with E-state index in [0.717, 1.165) is 17.8 Å². The summed E-state index contributed by atoms with van der Waals surface area (Å²) in [6, 6.07) is 6.26. The molecule has 17 heavy (non-hydrogen) atoms. The van der Waals surface area contributed by atoms with Crippen LogP contribution in [0.3, 0.4) is 0 Å². The Morgan fingerprint density at radius 3 is 2.88 bits per heavy atom. The van der Waals surface area contributed by atoms with Gasteiger partial charge in [0.2, 0.25) is 5.91 Å². The minimum absolute atomic E-state index is 0.105. The molecule has 0 saturated heterocycles. The van der Waals surface area contributed by atoms with E-state index in [9.17, 15) is 4.79 Å². The van der Waals surface area contributed by atoms with Gasteiger partial charge in [-0.15, -0.1) is 0 Å². The molecule has 1 aliphatic heterocycles. The molecule has 90 valence electrons. The molecule has 0 aromatic heterocycles. The van der Waals surface area contributed by atoms with Gasteiger partial charge in [-0.25, -0.2) is 0 Å². The van der Waals surface area contributed by atoms with Crippen molar-refractivity contribution in [2.75, 3.05) is 16.8 Å². The van der Waals surface area contributed by atoms with Crippen LogP contribution in [0.2, 0.25) is 0 Å². The second-order valence-corrected chi connectivity index (χ2v) is 4.76. The number of benzene rings is 1. The van der Waals surface area contributed by atoms with Crippen molar-refractivity contribution in [1.82, 2.24) is 0 Å². The van der Waals surface area contributed by atoms with Crippen LogP contribution in [0.15, 0.2) is 18.2 Å². The maximum absolute atomic E-state index is 11.5. The molecule has 1 aromatic rings. The second-order valence-electron chi connectivity index (χ2n) is 4.76. The van der Waals surface area contributed by atoms with E-state index < -0.39 is 6.04 Å². The van der Waals surface area contributed by atoms with Crippen molar-refractivity contribution in [1.29, 1.82) is 0 Å². The number of amides is 1. The van der Waals surface area contributed by atoms with Gasteiger partial charge in [0, 0.05) is 29.5 Å². The highest BCUT2D eigenvalue weighted by molar-refractivity contribution is 6.02. The molecule has 4 heteroatoms. The van der Waals surface area contributed by atoms with Crippen LogP contribution in [-0.4, -0.2) is 18.5 Å². The average Bonchev–Trinajstić information content (AvgIpc) is 3.10. The number of nitrogens with one attached hydrogen (secondary N) is 1. The van der Waals surface area contributed by atoms with E-state index in [2.05, 4.69) is 23.2 Å². The number of anilines is 2. The predicted molar refractivity (Wildman–Crippen MR) is 68.0 cm³/mol. The first-order chi connectivity index (χ1) is 8.20. The van der Waals surface area contributed by atoms with E-state index >= 15 is 0 Å². The number of carbonyl (C=O) groups excluding carboxylic acids is 1. The van der Waals surface area contributed by atoms with Gasteiger partial charge in [0.15, 0.2) is 0 Å². The third kappa shape index (κ3) is 1.69. The molecular formula is C13H17N3O. The summed E-state index contributed by atoms with van der Waals surface area (Å²) in [5.41, 5.74) is 8.76. The minimum atomic E-state index is -0.505. The number of nitrogens with zero attached hydrogens (tertiary/aromatic N) is 1. The zero-order valence-corrected chi connectivity index (χ0v) is 9.94. The Bertz CT molecular complexity index is 468. The SMILES string of the molecule is CCN(c1ccc2c(c1)NC(=O)C2N)C1CC1. The zero-order valence-electron chi connectivity index (χ0n) is 9.94. The lowest BCUT2D eigenvalue weighted by molar-refractivity contribution is -0.116. The first-order valence-electron chi connectivity index (χ1n) is 6.17. The summed E-state index contributed by atoms with van der Waals surface area (Å²) in [6.45, 7) is 3.17. The molecule has 0 spiro atoms. The van der Waals surface area contributed by atoms with Crippen LogP contribution >= 0.6 is 0 Å². The van der Waals surface area contributed by atoms with Crippen molar-refractivity contribution in [2.24, 2.45) is 5.73 Å². The standard InChI is InChI=1S/C13H17N3O/c1-2-16(8-3-4-8)9-5-6-10-11(7-9)15-13(17)12(10)14/h5-8,12H,2-4,14H2,1H3,(H,15,17). The fourth-order valence-electron chi connectivity index (χ4n) is 2.49. The van der Waals surface area contributed by atoms with E-state index in [4.69, 9.17) is 5.73 Å². The number of nitrogens with two attached hydrogens (primary N) is 1. The van der Waals surface area contributed by atoms with Crippen LogP contribution in [0.4, 0.5) is 11.4 Å². The largest absolute Gasteiger partial charge is 0.369 e. The minimum Gasteiger partial charge on any atom is -0.369 e. The van der Waals surface area contributed by atoms with Crippen LogP contribution in [0.5, 0.6) is 0 Å². The molecule has 1 amide bonds. The summed E-state index contributed by atoms with van der Waals surface area (Å²) in [5.74, 6) is -0.105. The van der Waals surface area contributed by atoms with Gasteiger partial charge in [0.25, 0.3) is 0 Å². The topological polar surface area (TPSA) is 58.4 Å². The van der Waals surface area contributed by atoms with Crippen LogP contribution in [0.25, 0.3) is 0 Å². The number of fused-ring (bicyclic) bond motifs is 1. The van der Waals surface area contributed by atoms with Gasteiger partial charge in [-0.1, -0.05) is 6.07 Å². The monoisotopic (exact) mass is 231 g/mol. The van der Waals surface area contributed by atoms with Gasteiger partial charge < -0.3 is 16.0 Å². The molecule has 2 aliphatic rings. The van der Waals surface area contributed by atoms with Gasteiger partial charge in [-0.3, -0.25) is 4.79 Å². The van der Waals surface area contributed by atoms with E-state index in [1.165, 1.54) is 18.5 Å². The van der Waals surface area contributed by atoms with Gasteiger partial charge in [-0.2, -0.15) is 0 Å². The molecule has 0 bridgehead atoms. The summed E-state index contributed by atoms with van der Waals surface area (Å²) >= 11 is 0. The number of carbonyl (C=O) groups is 1. The molecule has 4 nitrogen and oxygen atoms in total. The summed E-state index contributed by atoms with van der Waals surface area (Å²) in [4.78, 5) is 13.9. The third-order valence-electron chi connectivity index (χ3n) is 3.57. The second kappa shape index (κ2) is 3.74. The van der Waals surface area contributed by atoms with Crippen molar-refractivity contribution in [2.45, 2.75) is 31.8 Å². The van der Waals surface area contributed by atoms with Crippen molar-refractivity contribution in [3.8, 4) is 0 Å². The maximum atomic E-state index is 11.5. The molecule has 1 aromatic carbocycles. The first-order valence-corrected chi connectivity index (χ1v) is 6.17. The highest BCUT2D eigenvalue weighted by atomic mass is 16.2. The fraction of sp³-hybridized carbons (Fsp3) is 0.462. The Labute approximate surface area is 101 Å². The van der Waals surface area contributed by atoms with E-state index in [0.29, 0.717) is 6.04 Å². The first kappa shape index (κ1) is 10.6. The van der Waals surface area contributed by atoms with Crippen LogP contribution in [0, 0.1) is 0 Å². The number of hydrogen-bond donors (Lipinski definition) is 2. The third-order valence-corrected chi connectivity index (χ3v) is 3.57. The van der Waals surface area contributed by atoms with Crippen LogP contribution < -0.4 is 16.0 Å². The Balaban J connectivity index is 1.94. The average molecular weight is 231 g/mol. The van der Waals surface area contributed by atoms with Crippen molar-refractivity contribution in [3.05, 3.63) is 23.8 Å². The molecule has 3 rings (SSSR count). The fourth-order valence-corrected chi connectivity index (χ4v) is 2.49. The van der Waals surface area contributed by atoms with Crippen LogP contribution in [0.1, 0.15) is 31.4 Å². The van der Waals surface area contributed by atoms with Gasteiger partial charge in [0.05, 0.1) is 0 Å². The zero-order chi connectivity index (χ0) is 12.0. The molecule has 1 atom stereocenters. The maximum Gasteiger partial charge on any atom is 0.245 e. The van der Waals surface area contributed by atoms with Gasteiger partial charge >= 0.3 is 0 Å². The Kier molecular flexibility index (Phi) is 2.33. The van der Waals surface area contributed by atoms with Crippen molar-refractivity contribution >= 4 is 17.3 Å². The molecule has 1 saturated carbocycles. The van der Waals surface area contributed by atoms with Crippen LogP contribution in [-0.2, 0) is 4.79 Å². The van der Waals surface area contributed by atoms with Crippen molar-refractivity contribution < 1.29 is 4.79 Å².